The SMILES string of the molecule is CC/C=C\C/C=C\C/C=C\CCCCCCCC(=O)NCCOC(=O)C(CCC)CCC. The molecule has 0 spiro atoms. The number of ether oxygens (including phenoxy) is 1. The third-order valence-electron chi connectivity index (χ3n) is 5.33. The van der Waals surface area contributed by atoms with Crippen molar-refractivity contribution in [2.75, 3.05) is 13.2 Å². The van der Waals surface area contributed by atoms with Gasteiger partial charge in [0.1, 0.15) is 6.61 Å². The lowest BCUT2D eigenvalue weighted by molar-refractivity contribution is -0.149. The van der Waals surface area contributed by atoms with Gasteiger partial charge in [-0.3, -0.25) is 9.59 Å². The summed E-state index contributed by atoms with van der Waals surface area (Å²) in [5, 5.41) is 2.86. The molecular formula is C28H49NO3. The van der Waals surface area contributed by atoms with Gasteiger partial charge in [0.05, 0.1) is 12.5 Å². The molecule has 1 N–H and O–H groups in total. The smallest absolute Gasteiger partial charge is 0.308 e. The normalized spacial score (nSPS) is 11.9. The van der Waals surface area contributed by atoms with Crippen LogP contribution in [-0.4, -0.2) is 25.0 Å². The predicted octanol–water partition coefficient (Wildman–Crippen LogP) is 7.45. The first kappa shape index (κ1) is 30.2. The standard InChI is InChI=1S/C28H49NO3/c1-4-7-8-9-10-11-12-13-14-15-16-17-18-19-20-23-27(30)29-24-25-32-28(31)26(21-5-2)22-6-3/h7-8,10-11,13-14,26H,4-6,9,12,15-25H2,1-3H3,(H,29,30)/b8-7-,11-10-,14-13-. The summed E-state index contributed by atoms with van der Waals surface area (Å²) in [5.74, 6) is -0.0546. The molecule has 0 aromatic heterocycles. The van der Waals surface area contributed by atoms with Crippen LogP contribution in [0, 0.1) is 5.92 Å². The monoisotopic (exact) mass is 447 g/mol. The van der Waals surface area contributed by atoms with Crippen molar-refractivity contribution in [1.29, 1.82) is 0 Å². The van der Waals surface area contributed by atoms with Crippen molar-refractivity contribution in [2.45, 2.75) is 111 Å². The molecule has 0 saturated carbocycles. The van der Waals surface area contributed by atoms with Gasteiger partial charge in [0.25, 0.3) is 0 Å². The number of hydrogen-bond donors (Lipinski definition) is 1. The average molecular weight is 448 g/mol. The Morgan fingerprint density at radius 3 is 2.03 bits per heavy atom. The molecule has 4 nitrogen and oxygen atoms in total. The third kappa shape index (κ3) is 20.1. The summed E-state index contributed by atoms with van der Waals surface area (Å²) in [7, 11) is 0. The Bertz CT molecular complexity index is 531. The Kier molecular flexibility index (Phi) is 22.4. The molecule has 0 heterocycles. The zero-order valence-electron chi connectivity index (χ0n) is 21.1. The highest BCUT2D eigenvalue weighted by molar-refractivity contribution is 5.76. The molecule has 4 heteroatoms. The van der Waals surface area contributed by atoms with Crippen LogP contribution in [0.1, 0.15) is 111 Å². The van der Waals surface area contributed by atoms with E-state index in [4.69, 9.17) is 4.74 Å². The van der Waals surface area contributed by atoms with Gasteiger partial charge in [-0.05, 0) is 51.4 Å². The van der Waals surface area contributed by atoms with Crippen molar-refractivity contribution in [3.63, 3.8) is 0 Å². The van der Waals surface area contributed by atoms with E-state index >= 15 is 0 Å². The van der Waals surface area contributed by atoms with Crippen molar-refractivity contribution in [3.8, 4) is 0 Å². The molecule has 0 saturated heterocycles. The number of carbonyl (C=O) groups excluding carboxylic acids is 2. The van der Waals surface area contributed by atoms with E-state index in [1.165, 1.54) is 19.3 Å². The van der Waals surface area contributed by atoms with E-state index in [9.17, 15) is 9.59 Å². The first-order valence-electron chi connectivity index (χ1n) is 13.0. The maximum Gasteiger partial charge on any atom is 0.308 e. The minimum atomic E-state index is -0.117. The Morgan fingerprint density at radius 2 is 1.38 bits per heavy atom. The van der Waals surface area contributed by atoms with Gasteiger partial charge in [-0.25, -0.2) is 0 Å². The van der Waals surface area contributed by atoms with Crippen molar-refractivity contribution in [2.24, 2.45) is 5.92 Å². The summed E-state index contributed by atoms with van der Waals surface area (Å²) in [6.45, 7) is 7.00. The van der Waals surface area contributed by atoms with Crippen LogP contribution < -0.4 is 5.32 Å². The van der Waals surface area contributed by atoms with E-state index in [2.05, 4.69) is 62.5 Å². The van der Waals surface area contributed by atoms with E-state index in [0.29, 0.717) is 13.0 Å². The number of rotatable bonds is 21. The fraction of sp³-hybridized carbons (Fsp3) is 0.714. The van der Waals surface area contributed by atoms with Crippen LogP contribution in [0.3, 0.4) is 0 Å². The van der Waals surface area contributed by atoms with E-state index in [0.717, 1.165) is 64.2 Å². The number of hydrogen-bond acceptors (Lipinski definition) is 3. The van der Waals surface area contributed by atoms with Crippen molar-refractivity contribution < 1.29 is 14.3 Å². The van der Waals surface area contributed by atoms with Gasteiger partial charge >= 0.3 is 5.97 Å². The number of unbranched alkanes of at least 4 members (excludes halogenated alkanes) is 5. The lowest BCUT2D eigenvalue weighted by atomic mass is 9.99. The number of nitrogens with one attached hydrogen (secondary N) is 1. The molecule has 1 amide bonds. The molecule has 0 rings (SSSR count). The number of esters is 1. The zero-order chi connectivity index (χ0) is 23.7. The lowest BCUT2D eigenvalue weighted by Crippen LogP contribution is -2.29. The first-order chi connectivity index (χ1) is 15.7. The number of allylic oxidation sites excluding steroid dienone is 6. The van der Waals surface area contributed by atoms with E-state index in [-0.39, 0.29) is 24.4 Å². The number of amides is 1. The largest absolute Gasteiger partial charge is 0.464 e. The minimum absolute atomic E-state index is 0.00556. The van der Waals surface area contributed by atoms with Crippen LogP contribution in [0.15, 0.2) is 36.5 Å². The predicted molar refractivity (Wildman–Crippen MR) is 137 cm³/mol. The van der Waals surface area contributed by atoms with Crippen LogP contribution in [0.2, 0.25) is 0 Å². The highest BCUT2D eigenvalue weighted by Gasteiger charge is 2.17. The maximum atomic E-state index is 12.1. The topological polar surface area (TPSA) is 55.4 Å². The van der Waals surface area contributed by atoms with Crippen molar-refractivity contribution in [3.05, 3.63) is 36.5 Å². The molecule has 0 aromatic rings. The molecular weight excluding hydrogens is 398 g/mol. The number of carbonyl (C=O) groups is 2. The Balaban J connectivity index is 3.54. The van der Waals surface area contributed by atoms with Gasteiger partial charge in [-0.15, -0.1) is 0 Å². The molecule has 0 aliphatic carbocycles. The minimum Gasteiger partial charge on any atom is -0.464 e. The molecule has 0 aromatic carbocycles. The van der Waals surface area contributed by atoms with Gasteiger partial charge in [0, 0.05) is 6.42 Å². The fourth-order valence-corrected chi connectivity index (χ4v) is 3.53. The van der Waals surface area contributed by atoms with Crippen LogP contribution in [-0.2, 0) is 14.3 Å². The highest BCUT2D eigenvalue weighted by Crippen LogP contribution is 2.15. The van der Waals surface area contributed by atoms with Crippen LogP contribution in [0.5, 0.6) is 0 Å². The lowest BCUT2D eigenvalue weighted by Gasteiger charge is -2.14. The summed E-state index contributed by atoms with van der Waals surface area (Å²) in [6.07, 6.45) is 27.6. The molecule has 0 atom stereocenters. The second-order valence-corrected chi connectivity index (χ2v) is 8.39. The van der Waals surface area contributed by atoms with Crippen LogP contribution in [0.4, 0.5) is 0 Å². The van der Waals surface area contributed by atoms with Gasteiger partial charge in [0.15, 0.2) is 0 Å². The summed E-state index contributed by atoms with van der Waals surface area (Å²) in [6, 6.07) is 0. The van der Waals surface area contributed by atoms with Gasteiger partial charge in [-0.1, -0.05) is 89.3 Å². The maximum absolute atomic E-state index is 12.1. The molecule has 0 unspecified atom stereocenters. The molecule has 32 heavy (non-hydrogen) atoms. The van der Waals surface area contributed by atoms with E-state index < -0.39 is 0 Å². The summed E-state index contributed by atoms with van der Waals surface area (Å²) >= 11 is 0. The zero-order valence-corrected chi connectivity index (χ0v) is 21.1. The van der Waals surface area contributed by atoms with Gasteiger partial charge < -0.3 is 10.1 Å². The molecule has 0 fully saturated rings. The Labute approximate surface area is 198 Å². The Hall–Kier alpha value is -1.84. The van der Waals surface area contributed by atoms with Crippen LogP contribution >= 0.6 is 0 Å². The van der Waals surface area contributed by atoms with Crippen molar-refractivity contribution in [1.82, 2.24) is 5.32 Å². The third-order valence-corrected chi connectivity index (χ3v) is 5.33. The molecule has 184 valence electrons. The van der Waals surface area contributed by atoms with Crippen LogP contribution in [0.25, 0.3) is 0 Å². The van der Waals surface area contributed by atoms with Gasteiger partial charge in [-0.2, -0.15) is 0 Å². The highest BCUT2D eigenvalue weighted by atomic mass is 16.5. The second-order valence-electron chi connectivity index (χ2n) is 8.39. The molecule has 0 aliphatic rings. The van der Waals surface area contributed by atoms with Crippen molar-refractivity contribution >= 4 is 11.9 Å². The quantitative estimate of drug-likeness (QED) is 0.113. The van der Waals surface area contributed by atoms with E-state index in [1.54, 1.807) is 0 Å². The summed E-state index contributed by atoms with van der Waals surface area (Å²) in [4.78, 5) is 23.9. The average Bonchev–Trinajstić information content (AvgIpc) is 2.79. The molecule has 0 radical (unpaired) electrons. The molecule has 0 bridgehead atoms. The first-order valence-corrected chi connectivity index (χ1v) is 13.0. The molecule has 0 aliphatic heterocycles. The Morgan fingerprint density at radius 1 is 0.781 bits per heavy atom. The summed E-state index contributed by atoms with van der Waals surface area (Å²) in [5.41, 5.74) is 0. The van der Waals surface area contributed by atoms with Gasteiger partial charge in [0.2, 0.25) is 5.91 Å². The fourth-order valence-electron chi connectivity index (χ4n) is 3.53. The second kappa shape index (κ2) is 23.8. The summed E-state index contributed by atoms with van der Waals surface area (Å²) < 4.78 is 5.33. The van der Waals surface area contributed by atoms with E-state index in [1.807, 2.05) is 0 Å².